The first kappa shape index (κ1) is 16.2. The fourth-order valence-corrected chi connectivity index (χ4v) is 2.51. The zero-order chi connectivity index (χ0) is 15.9. The van der Waals surface area contributed by atoms with E-state index in [4.69, 9.17) is 0 Å². The Morgan fingerprint density at radius 3 is 2.36 bits per heavy atom. The molecule has 2 amide bonds. The molecule has 0 spiro atoms. The van der Waals surface area contributed by atoms with Crippen LogP contribution in [-0.2, 0) is 11.2 Å². The van der Waals surface area contributed by atoms with Crippen molar-refractivity contribution in [2.24, 2.45) is 0 Å². The molecule has 0 saturated carbocycles. The van der Waals surface area contributed by atoms with Crippen molar-refractivity contribution in [2.75, 3.05) is 12.4 Å². The van der Waals surface area contributed by atoms with Crippen LogP contribution in [0.5, 0.6) is 0 Å². The average Bonchev–Trinajstić information content (AvgIpc) is 2.54. The second kappa shape index (κ2) is 7.75. The fraction of sp³-hybridized carbons (Fsp3) is 0.176. The van der Waals surface area contributed by atoms with Crippen LogP contribution in [0.2, 0.25) is 0 Å². The van der Waals surface area contributed by atoms with Gasteiger partial charge in [-0.15, -0.1) is 0 Å². The highest BCUT2D eigenvalue weighted by atomic mass is 79.9. The van der Waals surface area contributed by atoms with Crippen molar-refractivity contribution in [2.45, 2.75) is 12.8 Å². The van der Waals surface area contributed by atoms with Crippen molar-refractivity contribution in [3.05, 3.63) is 64.1 Å². The predicted molar refractivity (Wildman–Crippen MR) is 90.9 cm³/mol. The number of halogens is 1. The summed E-state index contributed by atoms with van der Waals surface area (Å²) in [7, 11) is 1.58. The molecule has 5 heteroatoms. The zero-order valence-corrected chi connectivity index (χ0v) is 13.8. The number of hydrogen-bond acceptors (Lipinski definition) is 2. The van der Waals surface area contributed by atoms with Crippen LogP contribution in [0.4, 0.5) is 5.69 Å². The molecule has 4 nitrogen and oxygen atoms in total. The Balaban J connectivity index is 1.89. The molecule has 0 aliphatic heterocycles. The van der Waals surface area contributed by atoms with Gasteiger partial charge in [-0.05, 0) is 42.3 Å². The van der Waals surface area contributed by atoms with E-state index in [2.05, 4.69) is 26.6 Å². The number of anilines is 1. The Morgan fingerprint density at radius 1 is 1.05 bits per heavy atom. The number of nitrogens with one attached hydrogen (secondary N) is 2. The molecule has 2 N–H and O–H groups in total. The molecule has 2 aromatic carbocycles. The van der Waals surface area contributed by atoms with E-state index < -0.39 is 0 Å². The second-order valence-corrected chi connectivity index (χ2v) is 5.65. The maximum Gasteiger partial charge on any atom is 0.251 e. The first-order valence-electron chi connectivity index (χ1n) is 6.95. The van der Waals surface area contributed by atoms with Crippen LogP contribution in [0.3, 0.4) is 0 Å². The van der Waals surface area contributed by atoms with Gasteiger partial charge >= 0.3 is 0 Å². The quantitative estimate of drug-likeness (QED) is 0.858. The van der Waals surface area contributed by atoms with Gasteiger partial charge < -0.3 is 10.6 Å². The summed E-state index contributed by atoms with van der Waals surface area (Å²) in [6.07, 6.45) is 1.07. The van der Waals surface area contributed by atoms with Gasteiger partial charge in [0.1, 0.15) is 0 Å². The van der Waals surface area contributed by atoms with Gasteiger partial charge in [0, 0.05) is 29.2 Å². The van der Waals surface area contributed by atoms with Crippen LogP contribution in [0, 0.1) is 0 Å². The standard InChI is InChI=1S/C17H17BrN2O2/c1-19-17(22)13-6-9-14(10-7-13)20-16(21)11-8-12-4-2-3-5-15(12)18/h2-7,9-10H,8,11H2,1H3,(H,19,22)(H,20,21). The van der Waals surface area contributed by atoms with E-state index >= 15 is 0 Å². The van der Waals surface area contributed by atoms with Gasteiger partial charge in [-0.1, -0.05) is 34.1 Å². The highest BCUT2D eigenvalue weighted by Crippen LogP contribution is 2.18. The highest BCUT2D eigenvalue weighted by molar-refractivity contribution is 9.10. The van der Waals surface area contributed by atoms with Crippen LogP contribution in [0.25, 0.3) is 0 Å². The molecule has 0 atom stereocenters. The predicted octanol–water partition coefficient (Wildman–Crippen LogP) is 3.38. The summed E-state index contributed by atoms with van der Waals surface area (Å²) in [5, 5.41) is 5.38. The molecule has 2 rings (SSSR count). The Bertz CT molecular complexity index is 669. The summed E-state index contributed by atoms with van der Waals surface area (Å²) in [6.45, 7) is 0. The van der Waals surface area contributed by atoms with Crippen LogP contribution >= 0.6 is 15.9 Å². The zero-order valence-electron chi connectivity index (χ0n) is 12.2. The van der Waals surface area contributed by atoms with E-state index in [0.29, 0.717) is 24.1 Å². The number of amides is 2. The van der Waals surface area contributed by atoms with Crippen LogP contribution < -0.4 is 10.6 Å². The van der Waals surface area contributed by atoms with Gasteiger partial charge in [0.15, 0.2) is 0 Å². The summed E-state index contributed by atoms with van der Waals surface area (Å²) in [5.41, 5.74) is 2.35. The summed E-state index contributed by atoms with van der Waals surface area (Å²) in [5.74, 6) is -0.199. The first-order valence-corrected chi connectivity index (χ1v) is 7.75. The minimum absolute atomic E-state index is 0.0524. The molecule has 22 heavy (non-hydrogen) atoms. The maximum absolute atomic E-state index is 12.0. The third kappa shape index (κ3) is 4.43. The third-order valence-corrected chi connectivity index (χ3v) is 4.01. The van der Waals surface area contributed by atoms with Crippen molar-refractivity contribution in [3.63, 3.8) is 0 Å². The normalized spacial score (nSPS) is 10.1. The Hall–Kier alpha value is -2.14. The molecule has 0 radical (unpaired) electrons. The lowest BCUT2D eigenvalue weighted by molar-refractivity contribution is -0.116. The summed E-state index contributed by atoms with van der Waals surface area (Å²) < 4.78 is 1.01. The molecule has 0 heterocycles. The summed E-state index contributed by atoms with van der Waals surface area (Å²) in [6, 6.07) is 14.7. The number of benzene rings is 2. The fourth-order valence-electron chi connectivity index (χ4n) is 2.02. The van der Waals surface area contributed by atoms with Crippen LogP contribution in [0.15, 0.2) is 53.0 Å². The number of carbonyl (C=O) groups is 2. The minimum Gasteiger partial charge on any atom is -0.355 e. The molecule has 0 saturated heterocycles. The topological polar surface area (TPSA) is 58.2 Å². The second-order valence-electron chi connectivity index (χ2n) is 4.80. The first-order chi connectivity index (χ1) is 10.6. The van der Waals surface area contributed by atoms with Gasteiger partial charge in [-0.2, -0.15) is 0 Å². The van der Waals surface area contributed by atoms with Crippen molar-refractivity contribution in [1.82, 2.24) is 5.32 Å². The van der Waals surface area contributed by atoms with Gasteiger partial charge in [0.2, 0.25) is 5.91 Å². The van der Waals surface area contributed by atoms with E-state index in [1.807, 2.05) is 24.3 Å². The molecule has 0 fully saturated rings. The molecule has 0 aliphatic rings. The minimum atomic E-state index is -0.146. The highest BCUT2D eigenvalue weighted by Gasteiger charge is 2.06. The lowest BCUT2D eigenvalue weighted by Gasteiger charge is -2.07. The molecular weight excluding hydrogens is 344 g/mol. The monoisotopic (exact) mass is 360 g/mol. The molecule has 2 aromatic rings. The molecule has 0 bridgehead atoms. The lowest BCUT2D eigenvalue weighted by atomic mass is 10.1. The van der Waals surface area contributed by atoms with Crippen molar-refractivity contribution < 1.29 is 9.59 Å². The van der Waals surface area contributed by atoms with E-state index in [9.17, 15) is 9.59 Å². The van der Waals surface area contributed by atoms with E-state index in [-0.39, 0.29) is 11.8 Å². The van der Waals surface area contributed by atoms with E-state index in [0.717, 1.165) is 10.0 Å². The third-order valence-electron chi connectivity index (χ3n) is 3.24. The Labute approximate surface area is 138 Å². The molecular formula is C17H17BrN2O2. The Morgan fingerprint density at radius 2 is 1.73 bits per heavy atom. The van der Waals surface area contributed by atoms with Gasteiger partial charge in [-0.3, -0.25) is 9.59 Å². The van der Waals surface area contributed by atoms with Gasteiger partial charge in [0.25, 0.3) is 5.91 Å². The lowest BCUT2D eigenvalue weighted by Crippen LogP contribution is -2.18. The SMILES string of the molecule is CNC(=O)c1ccc(NC(=O)CCc2ccccc2Br)cc1. The smallest absolute Gasteiger partial charge is 0.251 e. The number of aryl methyl sites for hydroxylation is 1. The average molecular weight is 361 g/mol. The summed E-state index contributed by atoms with van der Waals surface area (Å²) >= 11 is 3.47. The number of hydrogen-bond donors (Lipinski definition) is 2. The van der Waals surface area contributed by atoms with Crippen molar-refractivity contribution in [3.8, 4) is 0 Å². The van der Waals surface area contributed by atoms with Crippen molar-refractivity contribution in [1.29, 1.82) is 0 Å². The molecule has 114 valence electrons. The van der Waals surface area contributed by atoms with E-state index in [1.54, 1.807) is 31.3 Å². The van der Waals surface area contributed by atoms with Crippen molar-refractivity contribution >= 4 is 33.4 Å². The number of carbonyl (C=O) groups excluding carboxylic acids is 2. The molecule has 0 aromatic heterocycles. The van der Waals surface area contributed by atoms with Gasteiger partial charge in [0.05, 0.1) is 0 Å². The maximum atomic E-state index is 12.0. The molecule has 0 unspecified atom stereocenters. The number of rotatable bonds is 5. The Kier molecular flexibility index (Phi) is 5.72. The van der Waals surface area contributed by atoms with E-state index in [1.165, 1.54) is 0 Å². The van der Waals surface area contributed by atoms with Gasteiger partial charge in [-0.25, -0.2) is 0 Å². The largest absolute Gasteiger partial charge is 0.355 e. The summed E-state index contributed by atoms with van der Waals surface area (Å²) in [4.78, 5) is 23.4. The van der Waals surface area contributed by atoms with Crippen LogP contribution in [0.1, 0.15) is 22.3 Å². The van der Waals surface area contributed by atoms with Crippen LogP contribution in [-0.4, -0.2) is 18.9 Å². The molecule has 0 aliphatic carbocycles.